The lowest BCUT2D eigenvalue weighted by molar-refractivity contribution is -0.141. The molecule has 5 heteroatoms. The molecule has 0 aromatic heterocycles. The van der Waals surface area contributed by atoms with E-state index < -0.39 is 0 Å². The first-order valence-corrected chi connectivity index (χ1v) is 5.22. The summed E-state index contributed by atoms with van der Waals surface area (Å²) in [6, 6.07) is 0. The van der Waals surface area contributed by atoms with E-state index in [1.165, 1.54) is 7.11 Å². The van der Waals surface area contributed by atoms with Crippen molar-refractivity contribution in [2.75, 3.05) is 26.7 Å². The number of primary amides is 1. The Morgan fingerprint density at radius 2 is 2.27 bits per heavy atom. The number of hydrogen-bond donors (Lipinski definition) is 1. The van der Waals surface area contributed by atoms with Crippen molar-refractivity contribution < 1.29 is 14.3 Å². The van der Waals surface area contributed by atoms with Crippen molar-refractivity contribution in [3.05, 3.63) is 0 Å². The van der Waals surface area contributed by atoms with Gasteiger partial charge in [0.1, 0.15) is 0 Å². The molecule has 1 heterocycles. The van der Waals surface area contributed by atoms with E-state index in [0.717, 1.165) is 19.4 Å². The van der Waals surface area contributed by atoms with Crippen LogP contribution >= 0.6 is 0 Å². The number of rotatable bonds is 4. The van der Waals surface area contributed by atoms with Crippen LogP contribution in [0.15, 0.2) is 0 Å². The number of ether oxygens (including phenoxy) is 1. The summed E-state index contributed by atoms with van der Waals surface area (Å²) >= 11 is 0. The third kappa shape index (κ3) is 3.87. The van der Waals surface area contributed by atoms with Crippen LogP contribution in [0.2, 0.25) is 0 Å². The second kappa shape index (κ2) is 5.70. The number of carbonyl (C=O) groups is 2. The van der Waals surface area contributed by atoms with E-state index in [1.54, 1.807) is 0 Å². The van der Waals surface area contributed by atoms with E-state index in [1.807, 2.05) is 0 Å². The maximum absolute atomic E-state index is 11.0. The van der Waals surface area contributed by atoms with Crippen LogP contribution < -0.4 is 5.73 Å². The number of nitrogens with zero attached hydrogens (tertiary/aromatic N) is 1. The van der Waals surface area contributed by atoms with E-state index >= 15 is 0 Å². The van der Waals surface area contributed by atoms with Crippen molar-refractivity contribution in [3.8, 4) is 0 Å². The summed E-state index contributed by atoms with van der Waals surface area (Å²) in [5.74, 6) is -0.509. The van der Waals surface area contributed by atoms with Crippen LogP contribution in [-0.2, 0) is 14.3 Å². The third-order valence-corrected chi connectivity index (χ3v) is 2.77. The van der Waals surface area contributed by atoms with E-state index in [9.17, 15) is 9.59 Å². The van der Waals surface area contributed by atoms with Gasteiger partial charge in [-0.25, -0.2) is 0 Å². The van der Waals surface area contributed by atoms with Gasteiger partial charge in [0.15, 0.2) is 0 Å². The Hall–Kier alpha value is -1.10. The van der Waals surface area contributed by atoms with Crippen LogP contribution in [0.4, 0.5) is 0 Å². The van der Waals surface area contributed by atoms with E-state index in [2.05, 4.69) is 9.64 Å². The summed E-state index contributed by atoms with van der Waals surface area (Å²) in [5, 5.41) is 0. The second-order valence-electron chi connectivity index (χ2n) is 3.87. The lowest BCUT2D eigenvalue weighted by atomic mass is 9.97. The predicted molar refractivity (Wildman–Crippen MR) is 55.0 cm³/mol. The molecule has 0 radical (unpaired) electrons. The molecule has 1 atom stereocenters. The Morgan fingerprint density at radius 1 is 1.53 bits per heavy atom. The predicted octanol–water partition coefficient (Wildman–Crippen LogP) is -0.253. The molecule has 2 N–H and O–H groups in total. The van der Waals surface area contributed by atoms with Gasteiger partial charge in [-0.3, -0.25) is 9.59 Å². The first-order valence-electron chi connectivity index (χ1n) is 5.22. The largest absolute Gasteiger partial charge is 0.469 e. The van der Waals surface area contributed by atoms with Crippen molar-refractivity contribution in [2.45, 2.75) is 19.3 Å². The van der Waals surface area contributed by atoms with Gasteiger partial charge in [-0.05, 0) is 19.4 Å². The van der Waals surface area contributed by atoms with Gasteiger partial charge in [0.05, 0.1) is 19.4 Å². The Bertz CT molecular complexity index is 243. The highest BCUT2D eigenvalue weighted by molar-refractivity contribution is 5.77. The Kier molecular flexibility index (Phi) is 4.55. The third-order valence-electron chi connectivity index (χ3n) is 2.77. The fraction of sp³-hybridized carbons (Fsp3) is 0.800. The molecule has 86 valence electrons. The minimum Gasteiger partial charge on any atom is -0.469 e. The Balaban J connectivity index is 2.30. The van der Waals surface area contributed by atoms with Gasteiger partial charge in [-0.2, -0.15) is 0 Å². The molecule has 1 saturated heterocycles. The minimum atomic E-state index is -0.238. The smallest absolute Gasteiger partial charge is 0.306 e. The number of hydrogen-bond acceptors (Lipinski definition) is 4. The number of methoxy groups -OCH3 is 1. The van der Waals surface area contributed by atoms with E-state index in [4.69, 9.17) is 5.73 Å². The zero-order valence-corrected chi connectivity index (χ0v) is 9.07. The zero-order valence-electron chi connectivity index (χ0n) is 9.07. The molecule has 5 nitrogen and oxygen atoms in total. The van der Waals surface area contributed by atoms with Crippen molar-refractivity contribution >= 4 is 11.9 Å². The first kappa shape index (κ1) is 12.0. The van der Waals surface area contributed by atoms with Gasteiger partial charge in [0.2, 0.25) is 5.91 Å². The molecule has 1 fully saturated rings. The molecule has 0 saturated carbocycles. The van der Waals surface area contributed by atoms with Crippen LogP contribution in [0.25, 0.3) is 0 Å². The molecule has 1 rings (SSSR count). The maximum Gasteiger partial charge on any atom is 0.306 e. The van der Waals surface area contributed by atoms with Gasteiger partial charge in [0.25, 0.3) is 0 Å². The van der Waals surface area contributed by atoms with Crippen molar-refractivity contribution in [2.24, 2.45) is 11.7 Å². The summed E-state index contributed by atoms with van der Waals surface area (Å²) in [6.07, 6.45) is 2.21. The molecular weight excluding hydrogens is 196 g/mol. The first-order chi connectivity index (χ1) is 7.13. The van der Waals surface area contributed by atoms with Gasteiger partial charge in [0, 0.05) is 13.1 Å². The molecular formula is C10H18N2O3. The van der Waals surface area contributed by atoms with Crippen molar-refractivity contribution in [3.63, 3.8) is 0 Å². The average Bonchev–Trinajstić information content (AvgIpc) is 2.26. The zero-order chi connectivity index (χ0) is 11.3. The minimum absolute atomic E-state index is 0.0589. The van der Waals surface area contributed by atoms with Gasteiger partial charge in [-0.1, -0.05) is 0 Å². The quantitative estimate of drug-likeness (QED) is 0.655. The summed E-state index contributed by atoms with van der Waals surface area (Å²) in [6.45, 7) is 2.25. The van der Waals surface area contributed by atoms with E-state index in [0.29, 0.717) is 19.5 Å². The highest BCUT2D eigenvalue weighted by atomic mass is 16.5. The lowest BCUT2D eigenvalue weighted by Gasteiger charge is -2.30. The molecule has 0 aliphatic carbocycles. The maximum atomic E-state index is 11.0. The highest BCUT2D eigenvalue weighted by Gasteiger charge is 2.23. The normalized spacial score (nSPS) is 22.3. The van der Waals surface area contributed by atoms with Crippen LogP contribution in [-0.4, -0.2) is 43.5 Å². The molecule has 1 aliphatic rings. The molecule has 0 aromatic carbocycles. The monoisotopic (exact) mass is 214 g/mol. The fourth-order valence-corrected chi connectivity index (χ4v) is 1.84. The standard InChI is InChI=1S/C10H18N2O3/c1-15-9(13)4-6-12-5-2-3-8(7-12)10(11)14/h8H,2-7H2,1H3,(H2,11,14). The van der Waals surface area contributed by atoms with Crippen molar-refractivity contribution in [1.82, 2.24) is 4.90 Å². The molecule has 1 aliphatic heterocycles. The molecule has 15 heavy (non-hydrogen) atoms. The van der Waals surface area contributed by atoms with Gasteiger partial charge in [-0.15, -0.1) is 0 Å². The average molecular weight is 214 g/mol. The number of likely N-dealkylation sites (tertiary alicyclic amines) is 1. The molecule has 1 unspecified atom stereocenters. The summed E-state index contributed by atoms with van der Waals surface area (Å²) in [5.41, 5.74) is 5.25. The number of nitrogens with two attached hydrogens (primary N) is 1. The number of amides is 1. The SMILES string of the molecule is COC(=O)CCN1CCCC(C(N)=O)C1. The summed E-state index contributed by atoms with van der Waals surface area (Å²) < 4.78 is 4.56. The number of esters is 1. The fourth-order valence-electron chi connectivity index (χ4n) is 1.84. The molecule has 0 aromatic rings. The second-order valence-corrected chi connectivity index (χ2v) is 3.87. The van der Waals surface area contributed by atoms with Gasteiger partial charge >= 0.3 is 5.97 Å². The van der Waals surface area contributed by atoms with Crippen LogP contribution in [0.5, 0.6) is 0 Å². The molecule has 0 bridgehead atoms. The highest BCUT2D eigenvalue weighted by Crippen LogP contribution is 2.15. The van der Waals surface area contributed by atoms with Crippen molar-refractivity contribution in [1.29, 1.82) is 0 Å². The lowest BCUT2D eigenvalue weighted by Crippen LogP contribution is -2.41. The summed E-state index contributed by atoms with van der Waals surface area (Å²) in [4.78, 5) is 24.0. The topological polar surface area (TPSA) is 72.6 Å². The Morgan fingerprint density at radius 3 is 2.87 bits per heavy atom. The molecule has 1 amide bonds. The molecule has 0 spiro atoms. The van der Waals surface area contributed by atoms with Crippen LogP contribution in [0, 0.1) is 5.92 Å². The summed E-state index contributed by atoms with van der Waals surface area (Å²) in [7, 11) is 1.38. The van der Waals surface area contributed by atoms with Crippen LogP contribution in [0.1, 0.15) is 19.3 Å². The number of piperidine rings is 1. The Labute approximate surface area is 89.6 Å². The van der Waals surface area contributed by atoms with Gasteiger partial charge < -0.3 is 15.4 Å². The van der Waals surface area contributed by atoms with E-state index in [-0.39, 0.29) is 17.8 Å². The van der Waals surface area contributed by atoms with Crippen LogP contribution in [0.3, 0.4) is 0 Å². The number of carbonyl (C=O) groups excluding carboxylic acids is 2.